The van der Waals surface area contributed by atoms with Crippen molar-refractivity contribution in [2.75, 3.05) is 6.54 Å². The van der Waals surface area contributed by atoms with Gasteiger partial charge < -0.3 is 5.32 Å². The molecule has 0 aromatic carbocycles. The molecule has 126 valence electrons. The second-order valence-corrected chi connectivity index (χ2v) is 6.56. The summed E-state index contributed by atoms with van der Waals surface area (Å²) in [6.07, 6.45) is -4.29. The number of aromatic nitrogens is 3. The predicted molar refractivity (Wildman–Crippen MR) is 80.3 cm³/mol. The molecule has 0 aliphatic rings. The Bertz CT molecular complexity index is 705. The molecule has 0 atom stereocenters. The van der Waals surface area contributed by atoms with Crippen LogP contribution in [0.2, 0.25) is 0 Å². The lowest BCUT2D eigenvalue weighted by Crippen LogP contribution is -2.29. The summed E-state index contributed by atoms with van der Waals surface area (Å²) in [7, 11) is 0. The van der Waals surface area contributed by atoms with Gasteiger partial charge in [0.25, 0.3) is 0 Å². The summed E-state index contributed by atoms with van der Waals surface area (Å²) in [5.41, 5.74) is 0.215. The van der Waals surface area contributed by atoms with Gasteiger partial charge >= 0.3 is 6.18 Å². The summed E-state index contributed by atoms with van der Waals surface area (Å²) in [5, 5.41) is 7.08. The monoisotopic (exact) mass is 346 g/mol. The zero-order valence-electron chi connectivity index (χ0n) is 13.0. The predicted octanol–water partition coefficient (Wildman–Crippen LogP) is 2.64. The number of aryl methyl sites for hydroxylation is 3. The Labute approximate surface area is 135 Å². The van der Waals surface area contributed by atoms with Crippen molar-refractivity contribution >= 4 is 17.2 Å². The minimum Gasteiger partial charge on any atom is -0.354 e. The molecule has 0 aliphatic heterocycles. The average Bonchev–Trinajstić information content (AvgIpc) is 2.93. The van der Waals surface area contributed by atoms with Gasteiger partial charge in [0.1, 0.15) is 0 Å². The van der Waals surface area contributed by atoms with Crippen LogP contribution in [0.15, 0.2) is 6.07 Å². The van der Waals surface area contributed by atoms with E-state index in [9.17, 15) is 18.0 Å². The van der Waals surface area contributed by atoms with Crippen LogP contribution in [0.1, 0.15) is 27.0 Å². The average molecular weight is 346 g/mol. The zero-order chi connectivity index (χ0) is 17.2. The van der Waals surface area contributed by atoms with Crippen LogP contribution in [0.3, 0.4) is 0 Å². The van der Waals surface area contributed by atoms with Crippen molar-refractivity contribution in [2.24, 2.45) is 0 Å². The maximum atomic E-state index is 12.6. The van der Waals surface area contributed by atoms with Crippen LogP contribution in [0, 0.1) is 20.8 Å². The van der Waals surface area contributed by atoms with Crippen LogP contribution in [0.25, 0.3) is 0 Å². The molecule has 0 radical (unpaired) electrons. The van der Waals surface area contributed by atoms with Crippen LogP contribution < -0.4 is 5.32 Å². The quantitative estimate of drug-likeness (QED) is 0.905. The van der Waals surface area contributed by atoms with Gasteiger partial charge in [0.15, 0.2) is 5.69 Å². The molecule has 9 heteroatoms. The van der Waals surface area contributed by atoms with Crippen molar-refractivity contribution in [3.8, 4) is 0 Å². The van der Waals surface area contributed by atoms with E-state index in [-0.39, 0.29) is 25.4 Å². The van der Waals surface area contributed by atoms with E-state index in [0.29, 0.717) is 5.69 Å². The lowest BCUT2D eigenvalue weighted by Gasteiger charge is -2.07. The Morgan fingerprint density at radius 3 is 2.57 bits per heavy atom. The molecule has 0 spiro atoms. The van der Waals surface area contributed by atoms with Crippen molar-refractivity contribution in [3.05, 3.63) is 33.0 Å². The highest BCUT2D eigenvalue weighted by Crippen LogP contribution is 2.28. The maximum Gasteiger partial charge on any atom is 0.435 e. The number of amides is 1. The molecule has 2 heterocycles. The summed E-state index contributed by atoms with van der Waals surface area (Å²) in [4.78, 5) is 17.1. The molecule has 5 nitrogen and oxygen atoms in total. The van der Waals surface area contributed by atoms with Crippen molar-refractivity contribution in [1.82, 2.24) is 20.1 Å². The van der Waals surface area contributed by atoms with E-state index in [2.05, 4.69) is 15.4 Å². The molecule has 2 aromatic heterocycles. The largest absolute Gasteiger partial charge is 0.435 e. The van der Waals surface area contributed by atoms with Gasteiger partial charge in [-0.1, -0.05) is 0 Å². The number of carbonyl (C=O) groups is 1. The van der Waals surface area contributed by atoms with E-state index >= 15 is 0 Å². The highest BCUT2D eigenvalue weighted by atomic mass is 32.1. The smallest absolute Gasteiger partial charge is 0.354 e. The number of hydrogen-bond acceptors (Lipinski definition) is 4. The van der Waals surface area contributed by atoms with Gasteiger partial charge in [-0.05, 0) is 26.8 Å². The molecule has 0 aliphatic carbocycles. The topological polar surface area (TPSA) is 59.8 Å². The fourth-order valence-corrected chi connectivity index (χ4v) is 2.96. The molecule has 2 rings (SSSR count). The molecule has 2 aromatic rings. The second kappa shape index (κ2) is 6.69. The Kier molecular flexibility index (Phi) is 5.08. The number of alkyl halides is 3. The van der Waals surface area contributed by atoms with Crippen molar-refractivity contribution < 1.29 is 18.0 Å². The first-order valence-corrected chi connectivity index (χ1v) is 7.79. The van der Waals surface area contributed by atoms with Gasteiger partial charge in [-0.25, -0.2) is 4.98 Å². The van der Waals surface area contributed by atoms with Gasteiger partial charge in [-0.15, -0.1) is 11.3 Å². The van der Waals surface area contributed by atoms with Crippen LogP contribution in [0.4, 0.5) is 13.2 Å². The zero-order valence-corrected chi connectivity index (χ0v) is 13.8. The highest BCUT2D eigenvalue weighted by molar-refractivity contribution is 7.11. The van der Waals surface area contributed by atoms with Gasteiger partial charge in [0.05, 0.1) is 23.7 Å². The molecule has 0 saturated heterocycles. The van der Waals surface area contributed by atoms with Gasteiger partial charge in [0, 0.05) is 17.1 Å². The number of thiazole rings is 1. The Morgan fingerprint density at radius 2 is 2.04 bits per heavy atom. The first-order chi connectivity index (χ1) is 10.7. The van der Waals surface area contributed by atoms with Crippen LogP contribution in [0.5, 0.6) is 0 Å². The number of nitrogens with one attached hydrogen (secondary N) is 1. The highest BCUT2D eigenvalue weighted by Gasteiger charge is 2.34. The Balaban J connectivity index is 1.86. The minimum atomic E-state index is -4.46. The van der Waals surface area contributed by atoms with Gasteiger partial charge in [-0.3, -0.25) is 9.48 Å². The molecular formula is C14H17F3N4OS. The lowest BCUT2D eigenvalue weighted by atomic mass is 10.2. The third-order valence-electron chi connectivity index (χ3n) is 3.24. The minimum absolute atomic E-state index is 0.169. The fraction of sp³-hybridized carbons (Fsp3) is 0.500. The molecule has 1 N–H and O–H groups in total. The number of nitrogens with zero attached hydrogens (tertiary/aromatic N) is 3. The summed E-state index contributed by atoms with van der Waals surface area (Å²) < 4.78 is 38.9. The molecule has 0 unspecified atom stereocenters. The molecule has 1 amide bonds. The maximum absolute atomic E-state index is 12.6. The Hall–Kier alpha value is -1.90. The number of rotatable bonds is 5. The van der Waals surface area contributed by atoms with E-state index in [1.165, 1.54) is 16.0 Å². The molecule has 23 heavy (non-hydrogen) atoms. The van der Waals surface area contributed by atoms with Gasteiger partial charge in [0.2, 0.25) is 5.91 Å². The van der Waals surface area contributed by atoms with E-state index in [1.54, 1.807) is 6.92 Å². The lowest BCUT2D eigenvalue weighted by molar-refractivity contribution is -0.141. The number of halogens is 3. The van der Waals surface area contributed by atoms with Crippen LogP contribution in [-0.2, 0) is 23.9 Å². The first kappa shape index (κ1) is 17.5. The summed E-state index contributed by atoms with van der Waals surface area (Å²) >= 11 is 1.53. The SMILES string of the molecule is Cc1nc(CC(=O)NCCn2nc(C(F)(F)F)cc2C)c(C)s1. The molecular weight excluding hydrogens is 329 g/mol. The third kappa shape index (κ3) is 4.54. The van der Waals surface area contributed by atoms with E-state index in [0.717, 1.165) is 21.6 Å². The van der Waals surface area contributed by atoms with Crippen LogP contribution in [-0.4, -0.2) is 27.2 Å². The van der Waals surface area contributed by atoms with E-state index in [1.807, 2.05) is 13.8 Å². The third-order valence-corrected chi connectivity index (χ3v) is 4.17. The van der Waals surface area contributed by atoms with E-state index < -0.39 is 11.9 Å². The molecule has 0 bridgehead atoms. The first-order valence-electron chi connectivity index (χ1n) is 6.98. The summed E-state index contributed by atoms with van der Waals surface area (Å²) in [5.74, 6) is -0.209. The second-order valence-electron chi connectivity index (χ2n) is 5.15. The Morgan fingerprint density at radius 1 is 1.35 bits per heavy atom. The van der Waals surface area contributed by atoms with Crippen LogP contribution >= 0.6 is 11.3 Å². The molecule has 0 saturated carbocycles. The normalized spacial score (nSPS) is 11.7. The molecule has 0 fully saturated rings. The summed E-state index contributed by atoms with van der Waals surface area (Å²) in [6.45, 7) is 5.71. The van der Waals surface area contributed by atoms with Crippen molar-refractivity contribution in [1.29, 1.82) is 0 Å². The standard InChI is InChI=1S/C14H17F3N4OS/c1-8-6-12(14(15,16)17)20-21(8)5-4-18-13(22)7-11-9(2)23-10(3)19-11/h6H,4-5,7H2,1-3H3,(H,18,22). The van der Waals surface area contributed by atoms with Crippen molar-refractivity contribution in [2.45, 2.75) is 39.9 Å². The summed E-state index contributed by atoms with van der Waals surface area (Å²) in [6, 6.07) is 0.989. The number of carbonyl (C=O) groups excluding carboxylic acids is 1. The van der Waals surface area contributed by atoms with Gasteiger partial charge in [-0.2, -0.15) is 18.3 Å². The van der Waals surface area contributed by atoms with E-state index in [4.69, 9.17) is 0 Å². The number of hydrogen-bond donors (Lipinski definition) is 1. The fourth-order valence-electron chi connectivity index (χ4n) is 2.13. The van der Waals surface area contributed by atoms with Crippen molar-refractivity contribution in [3.63, 3.8) is 0 Å².